The standard InChI is InChI=1S/C28H46O3Si2/c1-27(2,3)32(7,8)29-21-25(22-30-33(9,10)28(4,5)6)31-26(23-17-13-11-14-18-23)24-19-15-12-16-20-24/h11-20,25-26H,21-22H2,1-10H3. The van der Waals surface area contributed by atoms with Gasteiger partial charge in [0.15, 0.2) is 16.6 Å². The molecule has 2 aromatic rings. The molecule has 0 heterocycles. The first-order valence-corrected chi connectivity index (χ1v) is 18.0. The summed E-state index contributed by atoms with van der Waals surface area (Å²) in [7, 11) is -3.83. The van der Waals surface area contributed by atoms with Gasteiger partial charge in [-0.05, 0) is 47.4 Å². The van der Waals surface area contributed by atoms with Crippen LogP contribution in [0.1, 0.15) is 58.8 Å². The van der Waals surface area contributed by atoms with Gasteiger partial charge in [0, 0.05) is 0 Å². The smallest absolute Gasteiger partial charge is 0.192 e. The maximum absolute atomic E-state index is 6.83. The van der Waals surface area contributed by atoms with Crippen LogP contribution in [0.4, 0.5) is 0 Å². The van der Waals surface area contributed by atoms with Crippen molar-refractivity contribution in [3.05, 3.63) is 71.8 Å². The predicted molar refractivity (Wildman–Crippen MR) is 146 cm³/mol. The molecule has 3 nitrogen and oxygen atoms in total. The lowest BCUT2D eigenvalue weighted by Crippen LogP contribution is -2.46. The zero-order valence-electron chi connectivity index (χ0n) is 22.6. The van der Waals surface area contributed by atoms with Crippen molar-refractivity contribution in [1.82, 2.24) is 0 Å². The SMILES string of the molecule is CC(C)(C)[Si](C)(C)OCC(CO[Si](C)(C)C(C)(C)C)OC(c1ccccc1)c1ccccc1. The van der Waals surface area contributed by atoms with Crippen LogP contribution in [0.15, 0.2) is 60.7 Å². The van der Waals surface area contributed by atoms with E-state index in [1.807, 2.05) is 12.1 Å². The monoisotopic (exact) mass is 486 g/mol. The van der Waals surface area contributed by atoms with Gasteiger partial charge < -0.3 is 13.6 Å². The second kappa shape index (κ2) is 11.0. The molecule has 184 valence electrons. The van der Waals surface area contributed by atoms with Crippen LogP contribution >= 0.6 is 0 Å². The normalized spacial score (nSPS) is 13.7. The summed E-state index contributed by atoms with van der Waals surface area (Å²) < 4.78 is 20.1. The van der Waals surface area contributed by atoms with Crippen LogP contribution < -0.4 is 0 Å². The second-order valence-corrected chi connectivity index (χ2v) is 21.7. The fourth-order valence-electron chi connectivity index (χ4n) is 2.96. The molecule has 0 spiro atoms. The quantitative estimate of drug-likeness (QED) is 0.317. The number of hydrogen-bond donors (Lipinski definition) is 0. The molecule has 2 aromatic carbocycles. The lowest BCUT2D eigenvalue weighted by molar-refractivity contribution is -0.0442. The van der Waals surface area contributed by atoms with Gasteiger partial charge in [-0.1, -0.05) is 102 Å². The summed E-state index contributed by atoms with van der Waals surface area (Å²) in [5.41, 5.74) is 2.29. The van der Waals surface area contributed by atoms with E-state index >= 15 is 0 Å². The van der Waals surface area contributed by atoms with Gasteiger partial charge in [-0.2, -0.15) is 0 Å². The van der Waals surface area contributed by atoms with Gasteiger partial charge in [0.25, 0.3) is 0 Å². The van der Waals surface area contributed by atoms with Crippen LogP contribution in [-0.2, 0) is 13.6 Å². The Labute approximate surface area is 205 Å². The summed E-state index contributed by atoms with van der Waals surface area (Å²) in [6, 6.07) is 20.9. The summed E-state index contributed by atoms with van der Waals surface area (Å²) in [6.45, 7) is 23.9. The minimum atomic E-state index is -1.91. The van der Waals surface area contributed by atoms with Crippen LogP contribution in [0.25, 0.3) is 0 Å². The van der Waals surface area contributed by atoms with Gasteiger partial charge >= 0.3 is 0 Å². The first kappa shape index (κ1) is 28.0. The average molecular weight is 487 g/mol. The molecule has 0 bridgehead atoms. The Kier molecular flexibility index (Phi) is 9.33. The summed E-state index contributed by atoms with van der Waals surface area (Å²) in [6.07, 6.45) is -0.318. The summed E-state index contributed by atoms with van der Waals surface area (Å²) >= 11 is 0. The predicted octanol–water partition coefficient (Wildman–Crippen LogP) is 8.20. The molecular formula is C28H46O3Si2. The van der Waals surface area contributed by atoms with Crippen molar-refractivity contribution < 1.29 is 13.6 Å². The third kappa shape index (κ3) is 7.89. The Balaban J connectivity index is 2.31. The molecule has 0 atom stereocenters. The number of rotatable bonds is 10. The Morgan fingerprint density at radius 1 is 0.606 bits per heavy atom. The summed E-state index contributed by atoms with van der Waals surface area (Å²) in [5.74, 6) is 0. The molecule has 0 aliphatic heterocycles. The lowest BCUT2D eigenvalue weighted by Gasteiger charge is -2.40. The molecule has 33 heavy (non-hydrogen) atoms. The van der Waals surface area contributed by atoms with Crippen molar-refractivity contribution in [3.8, 4) is 0 Å². The third-order valence-electron chi connectivity index (χ3n) is 7.41. The van der Waals surface area contributed by atoms with E-state index < -0.39 is 16.6 Å². The van der Waals surface area contributed by atoms with Crippen LogP contribution in [0, 0.1) is 0 Å². The fourth-order valence-corrected chi connectivity index (χ4v) is 5.03. The van der Waals surface area contributed by atoms with Gasteiger partial charge in [0.2, 0.25) is 0 Å². The number of ether oxygens (including phenoxy) is 1. The van der Waals surface area contributed by atoms with Gasteiger partial charge in [-0.15, -0.1) is 0 Å². The largest absolute Gasteiger partial charge is 0.414 e. The second-order valence-electron chi connectivity index (χ2n) is 12.1. The summed E-state index contributed by atoms with van der Waals surface area (Å²) in [5, 5.41) is 0.298. The van der Waals surface area contributed by atoms with Gasteiger partial charge in [-0.3, -0.25) is 0 Å². The van der Waals surface area contributed by atoms with Crippen LogP contribution in [-0.4, -0.2) is 36.0 Å². The Bertz CT molecular complexity index is 767. The third-order valence-corrected chi connectivity index (χ3v) is 16.4. The van der Waals surface area contributed by atoms with E-state index in [9.17, 15) is 0 Å². The minimum Gasteiger partial charge on any atom is -0.414 e. The Hall–Kier alpha value is -1.25. The number of hydrogen-bond acceptors (Lipinski definition) is 3. The molecule has 0 N–H and O–H groups in total. The van der Waals surface area contributed by atoms with Crippen molar-refractivity contribution in [1.29, 1.82) is 0 Å². The van der Waals surface area contributed by atoms with Crippen molar-refractivity contribution >= 4 is 16.6 Å². The maximum Gasteiger partial charge on any atom is 0.192 e. The van der Waals surface area contributed by atoms with Crippen molar-refractivity contribution in [2.75, 3.05) is 13.2 Å². The molecule has 0 fully saturated rings. The molecule has 2 rings (SSSR count). The van der Waals surface area contributed by atoms with E-state index in [2.05, 4.69) is 116 Å². The van der Waals surface area contributed by atoms with E-state index in [1.165, 1.54) is 0 Å². The molecule has 0 aromatic heterocycles. The van der Waals surface area contributed by atoms with Gasteiger partial charge in [-0.25, -0.2) is 0 Å². The Morgan fingerprint density at radius 3 is 1.24 bits per heavy atom. The topological polar surface area (TPSA) is 27.7 Å². The van der Waals surface area contributed by atoms with Crippen molar-refractivity contribution in [2.24, 2.45) is 0 Å². The zero-order chi connectivity index (χ0) is 24.9. The first-order valence-electron chi connectivity index (χ1n) is 12.2. The maximum atomic E-state index is 6.83. The highest BCUT2D eigenvalue weighted by molar-refractivity contribution is 6.74. The minimum absolute atomic E-state index is 0.149. The molecule has 0 unspecified atom stereocenters. The molecule has 0 aliphatic rings. The molecule has 5 heteroatoms. The lowest BCUT2D eigenvalue weighted by atomic mass is 10.0. The molecule has 0 radical (unpaired) electrons. The molecule has 0 saturated heterocycles. The van der Waals surface area contributed by atoms with Crippen LogP contribution in [0.5, 0.6) is 0 Å². The van der Waals surface area contributed by atoms with E-state index in [4.69, 9.17) is 13.6 Å². The summed E-state index contributed by atoms with van der Waals surface area (Å²) in [4.78, 5) is 0. The highest BCUT2D eigenvalue weighted by atomic mass is 28.4. The molecule has 0 amide bonds. The Morgan fingerprint density at radius 2 is 0.939 bits per heavy atom. The van der Waals surface area contributed by atoms with E-state index in [0.717, 1.165) is 11.1 Å². The molecule has 0 aliphatic carbocycles. The van der Waals surface area contributed by atoms with Crippen molar-refractivity contribution in [2.45, 2.75) is 90.0 Å². The van der Waals surface area contributed by atoms with Crippen molar-refractivity contribution in [3.63, 3.8) is 0 Å². The number of benzene rings is 2. The van der Waals surface area contributed by atoms with E-state index in [-0.39, 0.29) is 22.3 Å². The van der Waals surface area contributed by atoms with Gasteiger partial charge in [0.05, 0.1) is 13.2 Å². The first-order chi connectivity index (χ1) is 15.1. The van der Waals surface area contributed by atoms with Crippen LogP contribution in [0.3, 0.4) is 0 Å². The molecular weight excluding hydrogens is 440 g/mol. The van der Waals surface area contributed by atoms with E-state index in [1.54, 1.807) is 0 Å². The highest BCUT2D eigenvalue weighted by Crippen LogP contribution is 2.38. The zero-order valence-corrected chi connectivity index (χ0v) is 24.6. The highest BCUT2D eigenvalue weighted by Gasteiger charge is 2.40. The molecule has 0 saturated carbocycles. The van der Waals surface area contributed by atoms with Crippen LogP contribution in [0.2, 0.25) is 36.3 Å². The van der Waals surface area contributed by atoms with Gasteiger partial charge in [0.1, 0.15) is 12.2 Å². The fraction of sp³-hybridized carbons (Fsp3) is 0.571. The average Bonchev–Trinajstić information content (AvgIpc) is 2.73. The van der Waals surface area contributed by atoms with E-state index in [0.29, 0.717) is 13.2 Å².